The van der Waals surface area contributed by atoms with Crippen LogP contribution in [0.25, 0.3) is 11.1 Å². The van der Waals surface area contributed by atoms with E-state index in [0.717, 1.165) is 60.3 Å². The minimum Gasteiger partial charge on any atom is -0.497 e. The van der Waals surface area contributed by atoms with Crippen molar-refractivity contribution in [1.29, 1.82) is 0 Å². The number of hydrogen-bond donors (Lipinski definition) is 1. The molecule has 8 nitrogen and oxygen atoms in total. The number of benzene rings is 2. The highest BCUT2D eigenvalue weighted by Crippen LogP contribution is 2.33. The molecule has 1 aliphatic carbocycles. The molecule has 3 rings (SSSR count). The van der Waals surface area contributed by atoms with E-state index in [4.69, 9.17) is 19.0 Å². The summed E-state index contributed by atoms with van der Waals surface area (Å²) in [5, 5.41) is 6.82. The Morgan fingerprint density at radius 2 is 1.69 bits per heavy atom. The van der Waals surface area contributed by atoms with Crippen molar-refractivity contribution in [1.82, 2.24) is 5.32 Å². The minimum atomic E-state index is -0.852. The average molecular weight is 483 g/mol. The van der Waals surface area contributed by atoms with Gasteiger partial charge in [-0.15, -0.1) is 0 Å². The van der Waals surface area contributed by atoms with Crippen LogP contribution in [0, 0.1) is 5.92 Å². The summed E-state index contributed by atoms with van der Waals surface area (Å²) in [6, 6.07) is 12.5. The second-order valence-corrected chi connectivity index (χ2v) is 8.51. The fourth-order valence-corrected chi connectivity index (χ4v) is 4.44. The van der Waals surface area contributed by atoms with Crippen molar-refractivity contribution in [3.8, 4) is 22.6 Å². The predicted octanol–water partition coefficient (Wildman–Crippen LogP) is 4.15. The van der Waals surface area contributed by atoms with Gasteiger partial charge in [-0.1, -0.05) is 48.7 Å². The van der Waals surface area contributed by atoms with Crippen LogP contribution in [0.3, 0.4) is 0 Å². The van der Waals surface area contributed by atoms with Crippen molar-refractivity contribution in [2.45, 2.75) is 44.6 Å². The maximum Gasteiger partial charge on any atom is 0.328 e. The van der Waals surface area contributed by atoms with Gasteiger partial charge in [-0.3, -0.25) is 4.79 Å². The van der Waals surface area contributed by atoms with Gasteiger partial charge in [-0.25, -0.2) is 4.79 Å². The summed E-state index contributed by atoms with van der Waals surface area (Å²) in [6.45, 7) is 0. The molecule has 188 valence electrons. The van der Waals surface area contributed by atoms with E-state index in [2.05, 4.69) is 10.5 Å². The van der Waals surface area contributed by atoms with E-state index in [0.29, 0.717) is 5.71 Å². The number of esters is 1. The van der Waals surface area contributed by atoms with Crippen molar-refractivity contribution >= 4 is 17.6 Å². The number of amides is 1. The standard InChI is InChI=1S/C27H34N2O6/c1-32-21-14-15-24(33-2)22(17-21)19-12-10-18(11-13-19)16-23(27(31)34-3)28-26(30)25(29-35-4)20-8-6-5-7-9-20/h10-15,17,20,23H,5-9,16H2,1-4H3,(H,28,30)/t23-/m0/s1. The molecule has 1 fully saturated rings. The van der Waals surface area contributed by atoms with Gasteiger partial charge in [0.1, 0.15) is 30.4 Å². The van der Waals surface area contributed by atoms with E-state index in [-0.39, 0.29) is 12.3 Å². The molecule has 1 atom stereocenters. The third-order valence-electron chi connectivity index (χ3n) is 6.32. The second-order valence-electron chi connectivity index (χ2n) is 8.51. The first kappa shape index (κ1) is 26.1. The molecule has 2 aromatic rings. The zero-order valence-electron chi connectivity index (χ0n) is 20.8. The molecular weight excluding hydrogens is 448 g/mol. The molecule has 0 radical (unpaired) electrons. The zero-order chi connectivity index (χ0) is 25.2. The van der Waals surface area contributed by atoms with Crippen LogP contribution in [0.5, 0.6) is 11.5 Å². The lowest BCUT2D eigenvalue weighted by molar-refractivity contribution is -0.144. The summed E-state index contributed by atoms with van der Waals surface area (Å²) >= 11 is 0. The maximum atomic E-state index is 13.1. The molecule has 35 heavy (non-hydrogen) atoms. The van der Waals surface area contributed by atoms with Crippen LogP contribution >= 0.6 is 0 Å². The summed E-state index contributed by atoms with van der Waals surface area (Å²) in [4.78, 5) is 30.5. The maximum absolute atomic E-state index is 13.1. The first-order valence-electron chi connectivity index (χ1n) is 11.8. The molecule has 0 aliphatic heterocycles. The number of nitrogens with one attached hydrogen (secondary N) is 1. The van der Waals surface area contributed by atoms with Crippen LogP contribution < -0.4 is 14.8 Å². The number of methoxy groups -OCH3 is 3. The summed E-state index contributed by atoms with van der Waals surface area (Å²) in [6.07, 6.45) is 5.29. The normalized spacial score (nSPS) is 15.1. The zero-order valence-corrected chi connectivity index (χ0v) is 20.8. The fraction of sp³-hybridized carbons (Fsp3) is 0.444. The van der Waals surface area contributed by atoms with E-state index in [1.807, 2.05) is 42.5 Å². The Hall–Kier alpha value is -3.55. The SMILES string of the molecule is CON=C(C(=O)N[C@@H](Cc1ccc(-c2cc(OC)ccc2OC)cc1)C(=O)OC)C1CCCCC1. The lowest BCUT2D eigenvalue weighted by Gasteiger charge is -2.24. The van der Waals surface area contributed by atoms with Gasteiger partial charge in [0, 0.05) is 17.9 Å². The third-order valence-corrected chi connectivity index (χ3v) is 6.32. The number of nitrogens with zero attached hydrogens (tertiary/aromatic N) is 1. The topological polar surface area (TPSA) is 95.5 Å². The first-order valence-corrected chi connectivity index (χ1v) is 11.8. The van der Waals surface area contributed by atoms with E-state index < -0.39 is 17.9 Å². The molecule has 0 unspecified atom stereocenters. The first-order chi connectivity index (χ1) is 17.0. The molecule has 1 saturated carbocycles. The highest BCUT2D eigenvalue weighted by molar-refractivity contribution is 6.39. The van der Waals surface area contributed by atoms with Crippen molar-refractivity contribution < 1.29 is 28.6 Å². The largest absolute Gasteiger partial charge is 0.497 e. The quantitative estimate of drug-likeness (QED) is 0.311. The van der Waals surface area contributed by atoms with Crippen LogP contribution in [-0.2, 0) is 25.6 Å². The minimum absolute atomic E-state index is 0.0270. The Kier molecular flexibility index (Phi) is 9.52. The van der Waals surface area contributed by atoms with Gasteiger partial charge in [0.05, 0.1) is 21.3 Å². The summed E-state index contributed by atoms with van der Waals surface area (Å²) in [5.74, 6) is 0.569. The number of carbonyl (C=O) groups excluding carboxylic acids is 2. The van der Waals surface area contributed by atoms with Crippen LogP contribution in [0.1, 0.15) is 37.7 Å². The average Bonchev–Trinajstić information content (AvgIpc) is 2.91. The van der Waals surface area contributed by atoms with Crippen LogP contribution in [0.15, 0.2) is 47.6 Å². The van der Waals surface area contributed by atoms with Gasteiger partial charge in [0.25, 0.3) is 5.91 Å². The Morgan fingerprint density at radius 3 is 2.29 bits per heavy atom. The molecule has 8 heteroatoms. The third kappa shape index (κ3) is 6.74. The molecule has 0 bridgehead atoms. The molecule has 0 aromatic heterocycles. The van der Waals surface area contributed by atoms with E-state index in [9.17, 15) is 9.59 Å². The van der Waals surface area contributed by atoms with Crippen molar-refractivity contribution in [3.05, 3.63) is 48.0 Å². The highest BCUT2D eigenvalue weighted by Gasteiger charge is 2.30. The van der Waals surface area contributed by atoms with Gasteiger partial charge >= 0.3 is 5.97 Å². The van der Waals surface area contributed by atoms with Gasteiger partial charge < -0.3 is 24.4 Å². The lowest BCUT2D eigenvalue weighted by Crippen LogP contribution is -2.47. The van der Waals surface area contributed by atoms with Gasteiger partial charge in [-0.05, 0) is 42.2 Å². The van der Waals surface area contributed by atoms with E-state index in [1.165, 1.54) is 14.2 Å². The Bertz CT molecular complexity index is 1030. The molecule has 0 saturated heterocycles. The fourth-order valence-electron chi connectivity index (χ4n) is 4.44. The molecule has 1 amide bonds. The molecule has 1 aliphatic rings. The molecule has 1 N–H and O–H groups in total. The van der Waals surface area contributed by atoms with Crippen molar-refractivity contribution in [3.63, 3.8) is 0 Å². The number of oxime groups is 1. The van der Waals surface area contributed by atoms with Crippen LogP contribution in [0.4, 0.5) is 0 Å². The molecule has 2 aromatic carbocycles. The van der Waals surface area contributed by atoms with Gasteiger partial charge in [0.15, 0.2) is 0 Å². The number of ether oxygens (including phenoxy) is 3. The lowest BCUT2D eigenvalue weighted by atomic mass is 9.85. The molecule has 0 spiro atoms. The summed E-state index contributed by atoms with van der Waals surface area (Å²) in [5.41, 5.74) is 3.04. The number of carbonyl (C=O) groups is 2. The summed E-state index contributed by atoms with van der Waals surface area (Å²) in [7, 11) is 5.97. The van der Waals surface area contributed by atoms with E-state index >= 15 is 0 Å². The smallest absolute Gasteiger partial charge is 0.328 e. The van der Waals surface area contributed by atoms with Crippen LogP contribution in [-0.4, -0.2) is 52.1 Å². The van der Waals surface area contributed by atoms with Gasteiger partial charge in [0.2, 0.25) is 0 Å². The Labute approximate surface area is 206 Å². The second kappa shape index (κ2) is 12.8. The summed E-state index contributed by atoms with van der Waals surface area (Å²) < 4.78 is 15.8. The van der Waals surface area contributed by atoms with Crippen molar-refractivity contribution in [2.75, 3.05) is 28.4 Å². The Morgan fingerprint density at radius 1 is 0.971 bits per heavy atom. The number of rotatable bonds is 10. The van der Waals surface area contributed by atoms with Crippen molar-refractivity contribution in [2.24, 2.45) is 11.1 Å². The Balaban J connectivity index is 1.77. The highest BCUT2D eigenvalue weighted by atomic mass is 16.6. The molecular formula is C27H34N2O6. The predicted molar refractivity (Wildman–Crippen MR) is 134 cm³/mol. The number of hydrogen-bond acceptors (Lipinski definition) is 7. The van der Waals surface area contributed by atoms with Gasteiger partial charge in [-0.2, -0.15) is 0 Å². The monoisotopic (exact) mass is 482 g/mol. The molecule has 0 heterocycles. The van der Waals surface area contributed by atoms with E-state index in [1.54, 1.807) is 14.2 Å². The van der Waals surface area contributed by atoms with Crippen LogP contribution in [0.2, 0.25) is 0 Å².